The van der Waals surface area contributed by atoms with Gasteiger partial charge in [0, 0.05) is 6.04 Å². The van der Waals surface area contributed by atoms with Crippen molar-refractivity contribution in [2.45, 2.75) is 38.8 Å². The molecule has 1 heterocycles. The van der Waals surface area contributed by atoms with Gasteiger partial charge in [-0.2, -0.15) is 0 Å². The second-order valence-corrected chi connectivity index (χ2v) is 4.09. The summed E-state index contributed by atoms with van der Waals surface area (Å²) in [6.45, 7) is 4.72. The van der Waals surface area contributed by atoms with Crippen LogP contribution in [-0.4, -0.2) is 37.0 Å². The van der Waals surface area contributed by atoms with E-state index in [4.69, 9.17) is 0 Å². The minimum atomic E-state index is -0.142. The van der Waals surface area contributed by atoms with Gasteiger partial charge in [0.25, 0.3) is 0 Å². The third-order valence-electron chi connectivity index (χ3n) is 2.25. The van der Waals surface area contributed by atoms with Crippen LogP contribution >= 0.6 is 0 Å². The van der Waals surface area contributed by atoms with Crippen molar-refractivity contribution in [3.63, 3.8) is 0 Å². The van der Waals surface area contributed by atoms with E-state index in [0.29, 0.717) is 0 Å². The highest BCUT2D eigenvalue weighted by molar-refractivity contribution is 5.87. The highest BCUT2D eigenvalue weighted by atomic mass is 16.2. The molecule has 2 amide bonds. The fourth-order valence-electron chi connectivity index (χ4n) is 1.57. The summed E-state index contributed by atoms with van der Waals surface area (Å²) in [7, 11) is 0. The van der Waals surface area contributed by atoms with Crippen LogP contribution < -0.4 is 16.0 Å². The fourth-order valence-corrected chi connectivity index (χ4v) is 1.57. The fraction of sp³-hybridized carbons (Fsp3) is 0.800. The van der Waals surface area contributed by atoms with Crippen molar-refractivity contribution in [1.29, 1.82) is 0 Å². The molecule has 0 spiro atoms. The minimum absolute atomic E-state index is 0.0647. The quantitative estimate of drug-likeness (QED) is 0.583. The van der Waals surface area contributed by atoms with Crippen molar-refractivity contribution < 1.29 is 9.59 Å². The molecule has 0 bridgehead atoms. The van der Waals surface area contributed by atoms with Crippen molar-refractivity contribution in [3.8, 4) is 0 Å². The molecule has 1 atom stereocenters. The zero-order valence-corrected chi connectivity index (χ0v) is 9.30. The first-order valence-corrected chi connectivity index (χ1v) is 5.40. The number of nitrogens with one attached hydrogen (secondary N) is 3. The molecule has 0 saturated carbocycles. The lowest BCUT2D eigenvalue weighted by Gasteiger charge is -2.12. The molecule has 0 aliphatic carbocycles. The monoisotopic (exact) mass is 213 g/mol. The molecule has 5 heteroatoms. The van der Waals surface area contributed by atoms with Gasteiger partial charge in [0.05, 0.1) is 12.6 Å². The van der Waals surface area contributed by atoms with Crippen molar-refractivity contribution in [3.05, 3.63) is 0 Å². The summed E-state index contributed by atoms with van der Waals surface area (Å²) in [5.74, 6) is -0.220. The molecular formula is C10H19N3O2. The third kappa shape index (κ3) is 4.29. The highest BCUT2D eigenvalue weighted by Gasteiger charge is 2.21. The van der Waals surface area contributed by atoms with Crippen LogP contribution in [0.4, 0.5) is 0 Å². The van der Waals surface area contributed by atoms with Crippen LogP contribution in [0.3, 0.4) is 0 Å². The maximum atomic E-state index is 11.5. The summed E-state index contributed by atoms with van der Waals surface area (Å²) in [6, 6.07) is -0.00384. The first-order chi connectivity index (χ1) is 7.09. The lowest BCUT2D eigenvalue weighted by molar-refractivity contribution is -0.127. The summed E-state index contributed by atoms with van der Waals surface area (Å²) in [4.78, 5) is 22.7. The summed E-state index contributed by atoms with van der Waals surface area (Å²) < 4.78 is 0. The van der Waals surface area contributed by atoms with E-state index in [0.717, 1.165) is 19.4 Å². The number of hydrogen-bond acceptors (Lipinski definition) is 3. The van der Waals surface area contributed by atoms with Gasteiger partial charge in [-0.25, -0.2) is 0 Å². The molecule has 1 fully saturated rings. The number of amides is 2. The van der Waals surface area contributed by atoms with E-state index < -0.39 is 0 Å². The Hall–Kier alpha value is -1.10. The highest BCUT2D eigenvalue weighted by Crippen LogP contribution is 2.03. The standard InChI is InChI=1S/C10H19N3O2/c1-7(2)13-9(14)6-12-10(15)8-4-3-5-11-8/h7-8,11H,3-6H2,1-2H3,(H,12,15)(H,13,14)/t8-/m1/s1. The molecule has 1 aliphatic rings. The number of carbonyl (C=O) groups excluding carboxylic acids is 2. The molecule has 0 aromatic carbocycles. The lowest BCUT2D eigenvalue weighted by Crippen LogP contribution is -2.45. The van der Waals surface area contributed by atoms with Crippen molar-refractivity contribution in [2.75, 3.05) is 13.1 Å². The second kappa shape index (κ2) is 5.70. The number of rotatable bonds is 4. The minimum Gasteiger partial charge on any atom is -0.352 e. The molecule has 1 rings (SSSR count). The molecule has 5 nitrogen and oxygen atoms in total. The zero-order chi connectivity index (χ0) is 11.3. The maximum Gasteiger partial charge on any atom is 0.239 e. The SMILES string of the molecule is CC(C)NC(=O)CNC(=O)[C@H]1CCCN1. The first-order valence-electron chi connectivity index (χ1n) is 5.40. The molecule has 3 N–H and O–H groups in total. The maximum absolute atomic E-state index is 11.5. The zero-order valence-electron chi connectivity index (χ0n) is 9.30. The Bertz CT molecular complexity index is 235. The van der Waals surface area contributed by atoms with Gasteiger partial charge < -0.3 is 16.0 Å². The van der Waals surface area contributed by atoms with Crippen LogP contribution in [0.5, 0.6) is 0 Å². The van der Waals surface area contributed by atoms with Gasteiger partial charge in [0.2, 0.25) is 11.8 Å². The number of hydrogen-bond donors (Lipinski definition) is 3. The van der Waals surface area contributed by atoms with E-state index in [1.54, 1.807) is 0 Å². The van der Waals surface area contributed by atoms with Gasteiger partial charge in [0.15, 0.2) is 0 Å². The lowest BCUT2D eigenvalue weighted by atomic mass is 10.2. The van der Waals surface area contributed by atoms with Crippen molar-refractivity contribution >= 4 is 11.8 Å². The van der Waals surface area contributed by atoms with E-state index in [-0.39, 0.29) is 30.4 Å². The van der Waals surface area contributed by atoms with E-state index in [1.807, 2.05) is 13.8 Å². The third-order valence-corrected chi connectivity index (χ3v) is 2.25. The second-order valence-electron chi connectivity index (χ2n) is 4.09. The molecule has 1 aliphatic heterocycles. The number of carbonyl (C=O) groups is 2. The van der Waals surface area contributed by atoms with E-state index in [9.17, 15) is 9.59 Å². The van der Waals surface area contributed by atoms with Crippen molar-refractivity contribution in [2.24, 2.45) is 0 Å². The summed E-state index contributed by atoms with van der Waals surface area (Å²) in [5, 5.41) is 8.41. The van der Waals surface area contributed by atoms with Crippen LogP contribution in [0, 0.1) is 0 Å². The van der Waals surface area contributed by atoms with Crippen LogP contribution in [0.2, 0.25) is 0 Å². The summed E-state index contributed by atoms with van der Waals surface area (Å²) in [6.07, 6.45) is 1.88. The normalized spacial score (nSPS) is 20.3. The Labute approximate surface area is 90.0 Å². The summed E-state index contributed by atoms with van der Waals surface area (Å²) >= 11 is 0. The Balaban J connectivity index is 2.18. The average Bonchev–Trinajstić information content (AvgIpc) is 2.65. The van der Waals surface area contributed by atoms with Crippen molar-refractivity contribution in [1.82, 2.24) is 16.0 Å². The predicted octanol–water partition coefficient (Wildman–Crippen LogP) is -0.621. The van der Waals surface area contributed by atoms with Crippen LogP contribution in [-0.2, 0) is 9.59 Å². The average molecular weight is 213 g/mol. The molecule has 86 valence electrons. The van der Waals surface area contributed by atoms with Gasteiger partial charge in [-0.15, -0.1) is 0 Å². The van der Waals surface area contributed by atoms with E-state index in [2.05, 4.69) is 16.0 Å². The van der Waals surface area contributed by atoms with E-state index >= 15 is 0 Å². The smallest absolute Gasteiger partial charge is 0.239 e. The Morgan fingerprint density at radius 1 is 1.47 bits per heavy atom. The molecule has 1 saturated heterocycles. The van der Waals surface area contributed by atoms with Crippen LogP contribution in [0.1, 0.15) is 26.7 Å². The molecule has 15 heavy (non-hydrogen) atoms. The van der Waals surface area contributed by atoms with Gasteiger partial charge in [-0.1, -0.05) is 0 Å². The largest absolute Gasteiger partial charge is 0.352 e. The molecule has 0 radical (unpaired) electrons. The topological polar surface area (TPSA) is 70.2 Å². The Morgan fingerprint density at radius 3 is 2.73 bits per heavy atom. The molecule has 0 unspecified atom stereocenters. The first kappa shape index (κ1) is 12.0. The van der Waals surface area contributed by atoms with E-state index in [1.165, 1.54) is 0 Å². The van der Waals surface area contributed by atoms with Gasteiger partial charge in [-0.05, 0) is 33.2 Å². The molecular weight excluding hydrogens is 194 g/mol. The van der Waals surface area contributed by atoms with Gasteiger partial charge in [-0.3, -0.25) is 9.59 Å². The molecule has 0 aromatic heterocycles. The van der Waals surface area contributed by atoms with Gasteiger partial charge >= 0.3 is 0 Å². The summed E-state index contributed by atoms with van der Waals surface area (Å²) in [5.41, 5.74) is 0. The van der Waals surface area contributed by atoms with Crippen LogP contribution in [0.15, 0.2) is 0 Å². The van der Waals surface area contributed by atoms with Crippen LogP contribution in [0.25, 0.3) is 0 Å². The molecule has 0 aromatic rings. The predicted molar refractivity (Wildman–Crippen MR) is 57.3 cm³/mol. The van der Waals surface area contributed by atoms with Gasteiger partial charge in [0.1, 0.15) is 0 Å². The Kier molecular flexibility index (Phi) is 4.55. The Morgan fingerprint density at radius 2 is 2.20 bits per heavy atom.